The molecule has 26 heavy (non-hydrogen) atoms. The zero-order valence-corrected chi connectivity index (χ0v) is 16.8. The first-order chi connectivity index (χ1) is 12.7. The Labute approximate surface area is 167 Å². The molecule has 4 aliphatic carbocycles. The van der Waals surface area contributed by atoms with Crippen molar-refractivity contribution in [3.8, 4) is 0 Å². The van der Waals surface area contributed by atoms with Gasteiger partial charge in [0.05, 0.1) is 0 Å². The highest BCUT2D eigenvalue weighted by Crippen LogP contribution is 2.39. The number of hydrogen-bond donors (Lipinski definition) is 2. The largest absolute Gasteiger partial charge is 0.359 e. The van der Waals surface area contributed by atoms with Crippen molar-refractivity contribution in [2.45, 2.75) is 37.8 Å². The molecule has 1 aliphatic heterocycles. The molecular weight excluding hydrogens is 360 g/mol. The van der Waals surface area contributed by atoms with Gasteiger partial charge in [-0.3, -0.25) is 0 Å². The van der Waals surface area contributed by atoms with Gasteiger partial charge in [0, 0.05) is 38.3 Å². The molecule has 0 amide bonds. The van der Waals surface area contributed by atoms with E-state index in [-0.39, 0.29) is 0 Å². The van der Waals surface area contributed by atoms with Crippen LogP contribution in [0.25, 0.3) is 0 Å². The summed E-state index contributed by atoms with van der Waals surface area (Å²) in [4.78, 5) is 4.65. The summed E-state index contributed by atoms with van der Waals surface area (Å²) in [6.45, 7) is 3.84. The van der Waals surface area contributed by atoms with Crippen molar-refractivity contribution in [3.63, 3.8) is 0 Å². The van der Waals surface area contributed by atoms with Gasteiger partial charge >= 0.3 is 0 Å². The summed E-state index contributed by atoms with van der Waals surface area (Å²) in [6.07, 6.45) is 14.6. The van der Waals surface area contributed by atoms with E-state index >= 15 is 0 Å². The first-order valence-electron chi connectivity index (χ1n) is 10.1. The first-order valence-corrected chi connectivity index (χ1v) is 10.9. The monoisotopic (exact) mass is 388 g/mol. The van der Waals surface area contributed by atoms with E-state index in [0.717, 1.165) is 48.2 Å². The number of rotatable bonds is 2. The van der Waals surface area contributed by atoms with Gasteiger partial charge in [0.2, 0.25) is 0 Å². The predicted molar refractivity (Wildman–Crippen MR) is 113 cm³/mol. The van der Waals surface area contributed by atoms with Crippen molar-refractivity contribution in [2.24, 2.45) is 23.7 Å². The second kappa shape index (κ2) is 6.79. The van der Waals surface area contributed by atoms with Crippen LogP contribution in [0.3, 0.4) is 0 Å². The Hall–Kier alpha value is -1.14. The van der Waals surface area contributed by atoms with Crippen LogP contribution < -0.4 is 10.6 Å². The molecule has 6 heteroatoms. The van der Waals surface area contributed by atoms with E-state index in [1.807, 2.05) is 0 Å². The standard InChI is InChI=1S/C20H28N4S2/c25-19(21-17-11-13-1-3-15(17)9-13)23-5-7-24(8-6-23)20(26)22-18-12-14-2-4-16(18)10-14/h1-4,13-18H,5-12H2,(H,21,25)(H,22,26)/t13-,14-,15-,16-,17+,18+/m0/s1. The summed E-state index contributed by atoms with van der Waals surface area (Å²) in [7, 11) is 0. The second-order valence-electron chi connectivity index (χ2n) is 8.65. The molecule has 0 aromatic heterocycles. The van der Waals surface area contributed by atoms with E-state index in [2.05, 4.69) is 44.7 Å². The topological polar surface area (TPSA) is 30.5 Å². The third-order valence-corrected chi connectivity index (χ3v) is 7.78. The van der Waals surface area contributed by atoms with Crippen molar-refractivity contribution >= 4 is 34.7 Å². The van der Waals surface area contributed by atoms with Gasteiger partial charge in [-0.25, -0.2) is 0 Å². The molecule has 0 unspecified atom stereocenters. The van der Waals surface area contributed by atoms with Crippen molar-refractivity contribution in [1.82, 2.24) is 20.4 Å². The Morgan fingerprint density at radius 3 is 1.38 bits per heavy atom. The molecule has 2 saturated carbocycles. The maximum atomic E-state index is 5.70. The van der Waals surface area contributed by atoms with Crippen molar-refractivity contribution < 1.29 is 0 Å². The number of piperazine rings is 1. The minimum atomic E-state index is 0.545. The molecule has 3 fully saturated rings. The van der Waals surface area contributed by atoms with Gasteiger partial charge in [0.1, 0.15) is 0 Å². The Bertz CT molecular complexity index is 596. The summed E-state index contributed by atoms with van der Waals surface area (Å²) < 4.78 is 0. The second-order valence-corrected chi connectivity index (χ2v) is 9.42. The number of nitrogens with one attached hydrogen (secondary N) is 2. The van der Waals surface area contributed by atoms with Crippen LogP contribution in [0.15, 0.2) is 24.3 Å². The van der Waals surface area contributed by atoms with Gasteiger partial charge in [0.15, 0.2) is 10.2 Å². The zero-order chi connectivity index (χ0) is 17.7. The zero-order valence-electron chi connectivity index (χ0n) is 15.1. The first kappa shape index (κ1) is 17.0. The van der Waals surface area contributed by atoms with E-state index in [9.17, 15) is 0 Å². The lowest BCUT2D eigenvalue weighted by Crippen LogP contribution is -2.57. The lowest BCUT2D eigenvalue weighted by atomic mass is 10.0. The highest BCUT2D eigenvalue weighted by atomic mass is 32.1. The van der Waals surface area contributed by atoms with E-state index in [4.69, 9.17) is 24.4 Å². The van der Waals surface area contributed by atoms with Gasteiger partial charge in [-0.05, 0) is 73.8 Å². The van der Waals surface area contributed by atoms with E-state index in [1.165, 1.54) is 25.7 Å². The van der Waals surface area contributed by atoms with Gasteiger partial charge in [-0.1, -0.05) is 24.3 Å². The number of thiocarbonyl (C=S) groups is 2. The highest BCUT2D eigenvalue weighted by Gasteiger charge is 2.38. The predicted octanol–water partition coefficient (Wildman–Crippen LogP) is 2.28. The van der Waals surface area contributed by atoms with Crippen LogP contribution in [0.1, 0.15) is 25.7 Å². The van der Waals surface area contributed by atoms with Crippen molar-refractivity contribution in [1.29, 1.82) is 0 Å². The van der Waals surface area contributed by atoms with Gasteiger partial charge in [-0.2, -0.15) is 0 Å². The van der Waals surface area contributed by atoms with E-state index < -0.39 is 0 Å². The van der Waals surface area contributed by atoms with Crippen LogP contribution in [0.4, 0.5) is 0 Å². The van der Waals surface area contributed by atoms with E-state index in [1.54, 1.807) is 0 Å². The molecule has 0 aromatic carbocycles. The van der Waals surface area contributed by atoms with Crippen LogP contribution in [-0.4, -0.2) is 58.3 Å². The lowest BCUT2D eigenvalue weighted by Gasteiger charge is -2.39. The van der Waals surface area contributed by atoms with Crippen molar-refractivity contribution in [3.05, 3.63) is 24.3 Å². The average Bonchev–Trinajstić information content (AvgIpc) is 3.43. The van der Waals surface area contributed by atoms with Crippen LogP contribution in [-0.2, 0) is 0 Å². The summed E-state index contributed by atoms with van der Waals surface area (Å²) in [5.74, 6) is 2.93. The van der Waals surface area contributed by atoms with Gasteiger partial charge < -0.3 is 20.4 Å². The minimum Gasteiger partial charge on any atom is -0.359 e. The Kier molecular flexibility index (Phi) is 4.44. The van der Waals surface area contributed by atoms with Gasteiger partial charge in [-0.15, -0.1) is 0 Å². The smallest absolute Gasteiger partial charge is 0.169 e. The molecule has 2 N–H and O–H groups in total. The summed E-state index contributed by atoms with van der Waals surface area (Å²) in [5.41, 5.74) is 0. The Morgan fingerprint density at radius 1 is 0.654 bits per heavy atom. The molecule has 5 aliphatic rings. The average molecular weight is 389 g/mol. The minimum absolute atomic E-state index is 0.545. The van der Waals surface area contributed by atoms with Crippen LogP contribution in [0.5, 0.6) is 0 Å². The lowest BCUT2D eigenvalue weighted by molar-refractivity contribution is 0.249. The number of fused-ring (bicyclic) bond motifs is 4. The van der Waals surface area contributed by atoms with Gasteiger partial charge in [0.25, 0.3) is 0 Å². The maximum Gasteiger partial charge on any atom is 0.169 e. The number of allylic oxidation sites excluding steroid dienone is 2. The molecule has 140 valence electrons. The molecule has 4 nitrogen and oxygen atoms in total. The van der Waals surface area contributed by atoms with Crippen LogP contribution >= 0.6 is 24.4 Å². The fraction of sp³-hybridized carbons (Fsp3) is 0.700. The van der Waals surface area contributed by atoms with Crippen LogP contribution in [0, 0.1) is 23.7 Å². The highest BCUT2D eigenvalue weighted by molar-refractivity contribution is 7.80. The number of hydrogen-bond acceptors (Lipinski definition) is 2. The maximum absolute atomic E-state index is 5.70. The molecular formula is C20H28N4S2. The van der Waals surface area contributed by atoms with Crippen molar-refractivity contribution in [2.75, 3.05) is 26.2 Å². The third kappa shape index (κ3) is 3.15. The third-order valence-electron chi connectivity index (χ3n) is 7.03. The SMILES string of the molecule is S=C(N[C@@H]1C[C@H]2C=C[C@H]1C2)N1CCN(C(=S)N[C@@H]2C[C@H]3C=C[C@H]2C3)CC1. The molecule has 5 rings (SSSR count). The fourth-order valence-electron chi connectivity index (χ4n) is 5.51. The Morgan fingerprint density at radius 2 is 1.08 bits per heavy atom. The molecule has 6 atom stereocenters. The normalized spacial score (nSPS) is 39.7. The summed E-state index contributed by atoms with van der Waals surface area (Å²) >= 11 is 11.4. The molecule has 4 bridgehead atoms. The fourth-order valence-corrected chi connectivity index (χ4v) is 6.17. The molecule has 0 aromatic rings. The number of nitrogens with zero attached hydrogens (tertiary/aromatic N) is 2. The summed E-state index contributed by atoms with van der Waals surface area (Å²) in [5, 5.41) is 9.14. The van der Waals surface area contributed by atoms with Crippen LogP contribution in [0.2, 0.25) is 0 Å². The molecule has 0 spiro atoms. The summed E-state index contributed by atoms with van der Waals surface area (Å²) in [6, 6.07) is 1.09. The molecule has 0 radical (unpaired) electrons. The van der Waals surface area contributed by atoms with E-state index in [0.29, 0.717) is 23.9 Å². The quantitative estimate of drug-likeness (QED) is 0.558. The Balaban J connectivity index is 1.08. The molecule has 1 heterocycles. The molecule has 1 saturated heterocycles.